The average molecular weight is 286 g/mol. The number of nitrogens with zero attached hydrogens (tertiary/aromatic N) is 1. The Bertz CT molecular complexity index is 901. The number of aromatic amines is 2. The fourth-order valence-electron chi connectivity index (χ4n) is 2.26. The highest BCUT2D eigenvalue weighted by molar-refractivity contribution is 6.08. The van der Waals surface area contributed by atoms with E-state index in [1.807, 2.05) is 19.9 Å². The lowest BCUT2D eigenvalue weighted by Gasteiger charge is -2.11. The number of hydrogen-bond acceptors (Lipinski definition) is 4. The lowest BCUT2D eigenvalue weighted by Crippen LogP contribution is -2.15. The van der Waals surface area contributed by atoms with E-state index in [9.17, 15) is 9.59 Å². The normalized spacial score (nSPS) is 11.0. The maximum atomic E-state index is 12.3. The van der Waals surface area contributed by atoms with Crippen LogP contribution in [-0.4, -0.2) is 20.9 Å². The largest absolute Gasteiger partial charge is 0.448 e. The van der Waals surface area contributed by atoms with Gasteiger partial charge in [-0.2, -0.15) is 0 Å². The van der Waals surface area contributed by atoms with Gasteiger partial charge >= 0.3 is 5.69 Å². The quantitative estimate of drug-likeness (QED) is 0.670. The Balaban J connectivity index is 2.12. The molecule has 2 aromatic heterocycles. The predicted octanol–water partition coefficient (Wildman–Crippen LogP) is 2.02. The summed E-state index contributed by atoms with van der Waals surface area (Å²) < 4.78 is 5.03. The molecule has 108 valence electrons. The lowest BCUT2D eigenvalue weighted by molar-refractivity contribution is 0.102. The van der Waals surface area contributed by atoms with E-state index in [4.69, 9.17) is 4.42 Å². The van der Waals surface area contributed by atoms with Crippen LogP contribution in [0, 0.1) is 20.8 Å². The number of amides is 1. The summed E-state index contributed by atoms with van der Waals surface area (Å²) in [4.78, 5) is 33.0. The number of imidazole rings is 1. The molecule has 0 saturated heterocycles. The molecule has 7 nitrogen and oxygen atoms in total. The lowest BCUT2D eigenvalue weighted by atomic mass is 10.1. The Morgan fingerprint density at radius 2 is 2.05 bits per heavy atom. The second kappa shape index (κ2) is 4.62. The van der Waals surface area contributed by atoms with Crippen molar-refractivity contribution >= 4 is 22.6 Å². The first kappa shape index (κ1) is 13.2. The number of aryl methyl sites for hydroxylation is 2. The zero-order valence-electron chi connectivity index (χ0n) is 11.8. The number of hydrogen-bond donors (Lipinski definition) is 3. The highest BCUT2D eigenvalue weighted by atomic mass is 16.3. The summed E-state index contributed by atoms with van der Waals surface area (Å²) in [6.07, 6.45) is 1.22. The fourth-order valence-corrected chi connectivity index (χ4v) is 2.26. The van der Waals surface area contributed by atoms with E-state index in [1.165, 1.54) is 6.39 Å². The molecule has 0 aliphatic heterocycles. The standard InChI is InChI=1S/C14H14N4O3/c1-6-4-9-12(18-14(20)16-9)10(7(6)2)17-13(19)11-8(3)21-5-15-11/h4-5H,1-3H3,(H,17,19)(H2,16,18,20). The number of anilines is 1. The van der Waals surface area contributed by atoms with E-state index in [1.54, 1.807) is 6.92 Å². The van der Waals surface area contributed by atoms with Crippen molar-refractivity contribution in [3.8, 4) is 0 Å². The smallest absolute Gasteiger partial charge is 0.323 e. The summed E-state index contributed by atoms with van der Waals surface area (Å²) >= 11 is 0. The van der Waals surface area contributed by atoms with E-state index < -0.39 is 0 Å². The van der Waals surface area contributed by atoms with Crippen molar-refractivity contribution in [2.24, 2.45) is 0 Å². The summed E-state index contributed by atoms with van der Waals surface area (Å²) in [6.45, 7) is 5.46. The minimum atomic E-state index is -0.377. The molecule has 0 fully saturated rings. The molecular formula is C14H14N4O3. The van der Waals surface area contributed by atoms with Gasteiger partial charge in [-0.1, -0.05) is 0 Å². The molecule has 0 spiro atoms. The van der Waals surface area contributed by atoms with Gasteiger partial charge in [-0.25, -0.2) is 9.78 Å². The SMILES string of the molecule is Cc1cc2[nH]c(=O)[nH]c2c(NC(=O)c2ncoc2C)c1C. The second-order valence-electron chi connectivity index (χ2n) is 4.91. The van der Waals surface area contributed by atoms with Crippen LogP contribution in [0.5, 0.6) is 0 Å². The van der Waals surface area contributed by atoms with Crippen LogP contribution in [0.25, 0.3) is 11.0 Å². The number of fused-ring (bicyclic) bond motifs is 1. The van der Waals surface area contributed by atoms with Gasteiger partial charge in [-0.05, 0) is 38.0 Å². The van der Waals surface area contributed by atoms with E-state index in [0.717, 1.165) is 11.1 Å². The van der Waals surface area contributed by atoms with Gasteiger partial charge < -0.3 is 19.7 Å². The van der Waals surface area contributed by atoms with E-state index in [0.29, 0.717) is 22.5 Å². The Kier molecular flexibility index (Phi) is 2.90. The van der Waals surface area contributed by atoms with Crippen LogP contribution in [0.2, 0.25) is 0 Å². The highest BCUT2D eigenvalue weighted by Gasteiger charge is 2.18. The number of carbonyl (C=O) groups is 1. The van der Waals surface area contributed by atoms with Crippen LogP contribution in [0.4, 0.5) is 5.69 Å². The second-order valence-corrected chi connectivity index (χ2v) is 4.91. The Morgan fingerprint density at radius 1 is 1.29 bits per heavy atom. The van der Waals surface area contributed by atoms with Crippen LogP contribution in [-0.2, 0) is 0 Å². The van der Waals surface area contributed by atoms with E-state index in [-0.39, 0.29) is 17.3 Å². The third-order valence-corrected chi connectivity index (χ3v) is 3.53. The minimum absolute atomic E-state index is 0.224. The molecule has 3 N–H and O–H groups in total. The van der Waals surface area contributed by atoms with Gasteiger partial charge in [0.1, 0.15) is 5.76 Å². The molecular weight excluding hydrogens is 272 g/mol. The number of benzene rings is 1. The molecule has 0 aliphatic rings. The summed E-state index contributed by atoms with van der Waals surface area (Å²) in [7, 11) is 0. The zero-order chi connectivity index (χ0) is 15.1. The molecule has 1 aromatic carbocycles. The van der Waals surface area contributed by atoms with Gasteiger partial charge in [0, 0.05) is 0 Å². The molecule has 0 radical (unpaired) electrons. The van der Waals surface area contributed by atoms with Gasteiger partial charge in [0.2, 0.25) is 0 Å². The molecule has 7 heteroatoms. The third kappa shape index (κ3) is 2.12. The van der Waals surface area contributed by atoms with Crippen molar-refractivity contribution < 1.29 is 9.21 Å². The molecule has 0 aliphatic carbocycles. The first-order valence-corrected chi connectivity index (χ1v) is 6.41. The van der Waals surface area contributed by atoms with Gasteiger partial charge in [-0.3, -0.25) is 4.79 Å². The molecule has 2 heterocycles. The average Bonchev–Trinajstić information content (AvgIpc) is 3.00. The summed E-state index contributed by atoms with van der Waals surface area (Å²) in [6, 6.07) is 1.86. The Labute approximate surface area is 119 Å². The molecule has 0 atom stereocenters. The first-order chi connectivity index (χ1) is 9.97. The van der Waals surface area contributed by atoms with Crippen LogP contribution in [0.3, 0.4) is 0 Å². The van der Waals surface area contributed by atoms with E-state index in [2.05, 4.69) is 20.3 Å². The number of carbonyl (C=O) groups excluding carboxylic acids is 1. The summed E-state index contributed by atoms with van der Waals surface area (Å²) in [5.74, 6) is 0.0647. The fraction of sp³-hybridized carbons (Fsp3) is 0.214. The number of rotatable bonds is 2. The molecule has 0 unspecified atom stereocenters. The monoisotopic (exact) mass is 286 g/mol. The van der Waals surface area contributed by atoms with Crippen molar-refractivity contribution in [3.05, 3.63) is 45.5 Å². The number of oxazole rings is 1. The summed E-state index contributed by atoms with van der Waals surface area (Å²) in [5, 5.41) is 2.80. The van der Waals surface area contributed by atoms with E-state index >= 15 is 0 Å². The number of H-pyrrole nitrogens is 2. The van der Waals surface area contributed by atoms with Crippen molar-refractivity contribution in [1.82, 2.24) is 15.0 Å². The highest BCUT2D eigenvalue weighted by Crippen LogP contribution is 2.27. The molecule has 3 aromatic rings. The van der Waals surface area contributed by atoms with Crippen LogP contribution in [0.1, 0.15) is 27.4 Å². The third-order valence-electron chi connectivity index (χ3n) is 3.53. The molecule has 21 heavy (non-hydrogen) atoms. The van der Waals surface area contributed by atoms with Crippen LogP contribution >= 0.6 is 0 Å². The molecule has 3 rings (SSSR count). The van der Waals surface area contributed by atoms with Crippen molar-refractivity contribution in [1.29, 1.82) is 0 Å². The van der Waals surface area contributed by atoms with Gasteiger partial charge in [-0.15, -0.1) is 0 Å². The predicted molar refractivity (Wildman–Crippen MR) is 77.6 cm³/mol. The molecule has 0 saturated carbocycles. The Morgan fingerprint density at radius 3 is 2.71 bits per heavy atom. The molecule has 0 bridgehead atoms. The van der Waals surface area contributed by atoms with Crippen molar-refractivity contribution in [3.63, 3.8) is 0 Å². The van der Waals surface area contributed by atoms with Crippen molar-refractivity contribution in [2.75, 3.05) is 5.32 Å². The maximum absolute atomic E-state index is 12.3. The van der Waals surface area contributed by atoms with Gasteiger partial charge in [0.15, 0.2) is 12.1 Å². The summed E-state index contributed by atoms with van der Waals surface area (Å²) in [5.41, 5.74) is 3.53. The minimum Gasteiger partial charge on any atom is -0.448 e. The number of aromatic nitrogens is 3. The number of nitrogens with one attached hydrogen (secondary N) is 3. The topological polar surface area (TPSA) is 104 Å². The first-order valence-electron chi connectivity index (χ1n) is 6.41. The zero-order valence-corrected chi connectivity index (χ0v) is 11.8. The maximum Gasteiger partial charge on any atom is 0.323 e. The van der Waals surface area contributed by atoms with Gasteiger partial charge in [0.05, 0.1) is 16.7 Å². The van der Waals surface area contributed by atoms with Crippen molar-refractivity contribution in [2.45, 2.75) is 20.8 Å². The Hall–Kier alpha value is -2.83. The molecule has 1 amide bonds. The van der Waals surface area contributed by atoms with Crippen LogP contribution < -0.4 is 11.0 Å². The van der Waals surface area contributed by atoms with Gasteiger partial charge in [0.25, 0.3) is 5.91 Å². The van der Waals surface area contributed by atoms with Crippen LogP contribution in [0.15, 0.2) is 21.7 Å².